The Morgan fingerprint density at radius 3 is 2.48 bits per heavy atom. The van der Waals surface area contributed by atoms with Gasteiger partial charge in [-0.25, -0.2) is 22.2 Å². The molecule has 4 aromatic rings. The normalized spacial score (nSPS) is 17.5. The number of amides is 1. The second-order valence-corrected chi connectivity index (χ2v) is 15.4. The van der Waals surface area contributed by atoms with Gasteiger partial charge in [0.2, 0.25) is 5.91 Å². The number of nitrogens with zero attached hydrogens (tertiary/aromatic N) is 2. The molecule has 2 aliphatic rings. The minimum atomic E-state index is -3.00. The molecule has 4 N–H and O–H groups in total. The maximum atomic E-state index is 15.6. The lowest BCUT2D eigenvalue weighted by molar-refractivity contribution is -0.119. The fraction of sp³-hybridized carbons (Fsp3) is 0.343. The molecule has 2 fully saturated rings. The molecule has 2 aliphatic heterocycles. The van der Waals surface area contributed by atoms with Crippen molar-refractivity contribution in [3.05, 3.63) is 87.7 Å². The number of halogens is 4. The second-order valence-electron chi connectivity index (χ2n) is 12.3. The number of benzene rings is 2. The van der Waals surface area contributed by atoms with Gasteiger partial charge in [-0.2, -0.15) is 0 Å². The van der Waals surface area contributed by atoms with E-state index in [-0.39, 0.29) is 58.4 Å². The SMILES string of the molecule is COc1cc(-c2nccc(-c3cccc(Nc4nccc(CNC5CCS(=O)(=O)CC5)c4F)c3Cl)c2Cl)cc(F)c1CNC[C@H]1CCC(=O)N1. The first-order valence-electron chi connectivity index (χ1n) is 16.2. The van der Waals surface area contributed by atoms with Crippen LogP contribution in [0, 0.1) is 11.6 Å². The van der Waals surface area contributed by atoms with Crippen molar-refractivity contribution in [2.24, 2.45) is 0 Å². The molecule has 2 aromatic heterocycles. The minimum Gasteiger partial charge on any atom is -0.496 e. The first-order valence-corrected chi connectivity index (χ1v) is 18.7. The molecule has 0 aliphatic carbocycles. The lowest BCUT2D eigenvalue weighted by Gasteiger charge is -2.23. The van der Waals surface area contributed by atoms with E-state index >= 15 is 8.78 Å². The van der Waals surface area contributed by atoms with Crippen molar-refractivity contribution in [3.8, 4) is 28.1 Å². The third kappa shape index (κ3) is 8.18. The summed E-state index contributed by atoms with van der Waals surface area (Å²) in [4.78, 5) is 20.1. The predicted octanol–water partition coefficient (Wildman–Crippen LogP) is 6.18. The molecule has 4 heterocycles. The van der Waals surface area contributed by atoms with E-state index in [4.69, 9.17) is 27.9 Å². The maximum absolute atomic E-state index is 15.6. The minimum absolute atomic E-state index is 0.00215. The summed E-state index contributed by atoms with van der Waals surface area (Å²) in [7, 11) is -1.54. The fourth-order valence-corrected chi connectivity index (χ4v) is 8.27. The molecule has 0 saturated carbocycles. The van der Waals surface area contributed by atoms with Crippen molar-refractivity contribution in [1.82, 2.24) is 25.9 Å². The molecule has 0 bridgehead atoms. The number of nitrogens with one attached hydrogen (secondary N) is 4. The van der Waals surface area contributed by atoms with Gasteiger partial charge in [0.05, 0.1) is 40.0 Å². The Labute approximate surface area is 299 Å². The van der Waals surface area contributed by atoms with Gasteiger partial charge in [0, 0.05) is 78.3 Å². The van der Waals surface area contributed by atoms with Crippen LogP contribution in [0.15, 0.2) is 54.9 Å². The van der Waals surface area contributed by atoms with Crippen LogP contribution >= 0.6 is 23.2 Å². The number of sulfone groups is 1. The van der Waals surface area contributed by atoms with E-state index in [9.17, 15) is 13.2 Å². The number of ether oxygens (including phenoxy) is 1. The quantitative estimate of drug-likeness (QED) is 0.134. The molecule has 15 heteroatoms. The number of hydrogen-bond donors (Lipinski definition) is 4. The molecule has 10 nitrogen and oxygen atoms in total. The molecule has 1 amide bonds. The largest absolute Gasteiger partial charge is 0.496 e. The number of pyridine rings is 2. The van der Waals surface area contributed by atoms with E-state index < -0.39 is 21.5 Å². The monoisotopic (exact) mass is 744 g/mol. The number of carbonyl (C=O) groups excluding carboxylic acids is 1. The third-order valence-electron chi connectivity index (χ3n) is 8.96. The van der Waals surface area contributed by atoms with Crippen molar-refractivity contribution in [1.29, 1.82) is 0 Å². The smallest absolute Gasteiger partial charge is 0.220 e. The van der Waals surface area contributed by atoms with E-state index in [0.29, 0.717) is 70.8 Å². The Morgan fingerprint density at radius 1 is 0.980 bits per heavy atom. The number of anilines is 2. The van der Waals surface area contributed by atoms with Crippen molar-refractivity contribution in [3.63, 3.8) is 0 Å². The van der Waals surface area contributed by atoms with Crippen LogP contribution in [0.25, 0.3) is 22.4 Å². The van der Waals surface area contributed by atoms with E-state index in [0.717, 1.165) is 6.42 Å². The van der Waals surface area contributed by atoms with Crippen LogP contribution in [0.5, 0.6) is 5.75 Å². The van der Waals surface area contributed by atoms with Crippen LogP contribution in [0.4, 0.5) is 20.3 Å². The van der Waals surface area contributed by atoms with E-state index in [1.807, 2.05) is 0 Å². The summed E-state index contributed by atoms with van der Waals surface area (Å²) in [6.45, 7) is 0.905. The zero-order chi connectivity index (χ0) is 35.4. The summed E-state index contributed by atoms with van der Waals surface area (Å²) in [6.07, 6.45) is 5.21. The van der Waals surface area contributed by atoms with Crippen LogP contribution in [-0.2, 0) is 27.7 Å². The molecule has 6 rings (SSSR count). The highest BCUT2D eigenvalue weighted by molar-refractivity contribution is 7.91. The Balaban J connectivity index is 1.20. The molecule has 2 aromatic carbocycles. The molecular formula is C35H36Cl2F2N6O4S. The molecule has 50 heavy (non-hydrogen) atoms. The van der Waals surface area contributed by atoms with Crippen molar-refractivity contribution >= 4 is 50.5 Å². The number of rotatable bonds is 12. The van der Waals surface area contributed by atoms with Crippen LogP contribution in [-0.4, -0.2) is 61.5 Å². The number of carbonyl (C=O) groups is 1. The van der Waals surface area contributed by atoms with E-state index in [1.165, 1.54) is 19.4 Å². The van der Waals surface area contributed by atoms with Gasteiger partial charge in [-0.15, -0.1) is 0 Å². The lowest BCUT2D eigenvalue weighted by atomic mass is 10.0. The highest BCUT2D eigenvalue weighted by atomic mass is 35.5. The highest BCUT2D eigenvalue weighted by Gasteiger charge is 2.25. The summed E-state index contributed by atoms with van der Waals surface area (Å²) >= 11 is 13.8. The van der Waals surface area contributed by atoms with E-state index in [1.54, 1.807) is 42.6 Å². The average Bonchev–Trinajstić information content (AvgIpc) is 3.52. The molecule has 0 radical (unpaired) electrons. The number of methoxy groups -OCH3 is 1. The maximum Gasteiger partial charge on any atom is 0.220 e. The highest BCUT2D eigenvalue weighted by Crippen LogP contribution is 2.42. The molecule has 1 atom stereocenters. The van der Waals surface area contributed by atoms with Crippen molar-refractivity contribution in [2.75, 3.05) is 30.5 Å². The Hall–Kier alpha value is -3.88. The molecule has 264 valence electrons. The third-order valence-corrected chi connectivity index (χ3v) is 11.5. The standard InChI is InChI=1S/C35H36Cl2F2N6O4S/c1-49-29-16-21(15-27(38)26(29)19-40-18-23-5-6-30(46)44-23)34-32(37)25(8-12-41-34)24-3-2-4-28(31(24)36)45-35-33(39)20(7-11-42-35)17-43-22-9-13-50(47,48)14-10-22/h2-4,7-8,11-12,15-16,22-23,40,43H,5-6,9-10,13-14,17-19H2,1H3,(H,42,45)(H,44,46)/t23-/m1/s1. The van der Waals surface area contributed by atoms with Crippen LogP contribution in [0.2, 0.25) is 10.0 Å². The lowest BCUT2D eigenvalue weighted by Crippen LogP contribution is -2.37. The first kappa shape index (κ1) is 35.9. The Kier molecular flexibility index (Phi) is 11.2. The van der Waals surface area contributed by atoms with Gasteiger partial charge >= 0.3 is 0 Å². The molecule has 0 unspecified atom stereocenters. The van der Waals surface area contributed by atoms with Crippen LogP contribution < -0.4 is 26.0 Å². The summed E-state index contributed by atoms with van der Waals surface area (Å²) in [6, 6.07) is 11.4. The number of hydrogen-bond acceptors (Lipinski definition) is 9. The van der Waals surface area contributed by atoms with Crippen LogP contribution in [0.1, 0.15) is 36.8 Å². The van der Waals surface area contributed by atoms with Crippen molar-refractivity contribution < 1.29 is 26.7 Å². The van der Waals surface area contributed by atoms with Gasteiger partial charge in [0.15, 0.2) is 11.6 Å². The fourth-order valence-electron chi connectivity index (χ4n) is 6.18. The summed E-state index contributed by atoms with van der Waals surface area (Å²) in [5, 5.41) is 12.8. The Morgan fingerprint density at radius 2 is 1.74 bits per heavy atom. The predicted molar refractivity (Wildman–Crippen MR) is 191 cm³/mol. The molecule has 0 spiro atoms. The van der Waals surface area contributed by atoms with Gasteiger partial charge in [-0.1, -0.05) is 35.3 Å². The average molecular weight is 746 g/mol. The van der Waals surface area contributed by atoms with Crippen molar-refractivity contribution in [2.45, 2.75) is 50.9 Å². The Bertz CT molecular complexity index is 2010. The molecule has 2 saturated heterocycles. The zero-order valence-electron chi connectivity index (χ0n) is 27.2. The number of aromatic nitrogens is 2. The van der Waals surface area contributed by atoms with Gasteiger partial charge in [-0.3, -0.25) is 9.78 Å². The molecular weight excluding hydrogens is 709 g/mol. The van der Waals surface area contributed by atoms with E-state index in [2.05, 4.69) is 31.2 Å². The van der Waals surface area contributed by atoms with Gasteiger partial charge in [-0.05, 0) is 49.6 Å². The zero-order valence-corrected chi connectivity index (χ0v) is 29.5. The topological polar surface area (TPSA) is 134 Å². The van der Waals surface area contributed by atoms with Crippen LogP contribution in [0.3, 0.4) is 0 Å². The second kappa shape index (κ2) is 15.6. The summed E-state index contributed by atoms with van der Waals surface area (Å²) in [5.41, 5.74) is 2.85. The summed E-state index contributed by atoms with van der Waals surface area (Å²) in [5.74, 6) is -0.530. The van der Waals surface area contributed by atoms with Gasteiger partial charge in [0.25, 0.3) is 0 Å². The van der Waals surface area contributed by atoms with Gasteiger partial charge < -0.3 is 26.0 Å². The van der Waals surface area contributed by atoms with Gasteiger partial charge in [0.1, 0.15) is 21.4 Å². The summed E-state index contributed by atoms with van der Waals surface area (Å²) < 4.78 is 60.1. The first-order chi connectivity index (χ1) is 24.0.